The third kappa shape index (κ3) is 7.39. The van der Waals surface area contributed by atoms with Crippen molar-refractivity contribution in [2.75, 3.05) is 35.1 Å². The third-order valence-corrected chi connectivity index (χ3v) is 9.97. The molecular formula is C30H30ClN3O7S2. The molecule has 0 aromatic heterocycles. The van der Waals surface area contributed by atoms with Gasteiger partial charge >= 0.3 is 0 Å². The summed E-state index contributed by atoms with van der Waals surface area (Å²) in [5.74, 6) is -0.124. The summed E-state index contributed by atoms with van der Waals surface area (Å²) >= 11 is 6.01. The Hall–Kier alpha value is -4.26. The van der Waals surface area contributed by atoms with E-state index in [1.807, 2.05) is 19.9 Å². The number of hydrogen-bond acceptors (Lipinski definition) is 7. The lowest BCUT2D eigenvalue weighted by atomic mass is 10.1. The Bertz CT molecular complexity index is 1850. The normalized spacial score (nSPS) is 11.5. The lowest BCUT2D eigenvalue weighted by Crippen LogP contribution is -2.38. The largest absolute Gasteiger partial charge is 0.493 e. The maximum absolute atomic E-state index is 13.8. The Kier molecular flexibility index (Phi) is 9.53. The Labute approximate surface area is 256 Å². The van der Waals surface area contributed by atoms with E-state index in [1.54, 1.807) is 12.1 Å². The molecule has 0 bridgehead atoms. The summed E-state index contributed by atoms with van der Waals surface area (Å²) in [6.45, 7) is 3.23. The molecule has 4 aromatic rings. The highest BCUT2D eigenvalue weighted by Gasteiger charge is 2.28. The number of amides is 1. The minimum atomic E-state index is -4.27. The summed E-state index contributed by atoms with van der Waals surface area (Å²) in [6, 6.07) is 20.9. The molecule has 13 heteroatoms. The van der Waals surface area contributed by atoms with Gasteiger partial charge in [0.05, 0.1) is 29.7 Å². The average Bonchev–Trinajstić information content (AvgIpc) is 2.98. The Morgan fingerprint density at radius 2 is 1.35 bits per heavy atom. The summed E-state index contributed by atoms with van der Waals surface area (Å²) in [5.41, 5.74) is 2.88. The number of rotatable bonds is 11. The molecule has 0 heterocycles. The average molecular weight is 644 g/mol. The van der Waals surface area contributed by atoms with Gasteiger partial charge in [0.2, 0.25) is 5.91 Å². The van der Waals surface area contributed by atoms with E-state index in [0.717, 1.165) is 15.4 Å². The van der Waals surface area contributed by atoms with E-state index in [-0.39, 0.29) is 26.9 Å². The third-order valence-electron chi connectivity index (χ3n) is 6.55. The summed E-state index contributed by atoms with van der Waals surface area (Å²) in [7, 11) is -5.34. The first kappa shape index (κ1) is 31.7. The molecule has 0 aliphatic carbocycles. The van der Waals surface area contributed by atoms with Crippen LogP contribution in [0.4, 0.5) is 17.1 Å². The number of benzene rings is 4. The Morgan fingerprint density at radius 1 is 0.744 bits per heavy atom. The van der Waals surface area contributed by atoms with Crippen molar-refractivity contribution in [2.24, 2.45) is 0 Å². The summed E-state index contributed by atoms with van der Waals surface area (Å²) in [5, 5.41) is 3.02. The van der Waals surface area contributed by atoms with Gasteiger partial charge in [-0.2, -0.15) is 0 Å². The SMILES string of the molecule is COc1ccc(S(=O)(=O)N(CC(=O)Nc2ccc(S(=O)(=O)Nc3ccc(C)c(C)c3)cc2)c2ccc(Cl)cc2)cc1OC. The van der Waals surface area contributed by atoms with Gasteiger partial charge in [0, 0.05) is 22.5 Å². The van der Waals surface area contributed by atoms with Crippen molar-refractivity contribution in [3.8, 4) is 11.5 Å². The summed E-state index contributed by atoms with van der Waals surface area (Å²) in [6.07, 6.45) is 0. The van der Waals surface area contributed by atoms with Gasteiger partial charge in [-0.05, 0) is 97.8 Å². The zero-order valence-corrected chi connectivity index (χ0v) is 26.2. The number of anilines is 3. The Morgan fingerprint density at radius 3 is 1.95 bits per heavy atom. The second-order valence-corrected chi connectivity index (χ2v) is 13.5. The van der Waals surface area contributed by atoms with Gasteiger partial charge in [-0.25, -0.2) is 16.8 Å². The minimum Gasteiger partial charge on any atom is -0.493 e. The highest BCUT2D eigenvalue weighted by atomic mass is 35.5. The topological polar surface area (TPSA) is 131 Å². The molecule has 4 aromatic carbocycles. The van der Waals surface area contributed by atoms with Crippen molar-refractivity contribution >= 4 is 54.6 Å². The van der Waals surface area contributed by atoms with Crippen LogP contribution in [0, 0.1) is 13.8 Å². The van der Waals surface area contributed by atoms with E-state index in [2.05, 4.69) is 10.0 Å². The molecule has 0 aliphatic rings. The fourth-order valence-corrected chi connectivity index (χ4v) is 6.71. The molecular weight excluding hydrogens is 614 g/mol. The van der Waals surface area contributed by atoms with Crippen LogP contribution in [0.5, 0.6) is 11.5 Å². The zero-order valence-electron chi connectivity index (χ0n) is 23.8. The molecule has 0 radical (unpaired) electrons. The summed E-state index contributed by atoms with van der Waals surface area (Å²) in [4.78, 5) is 13.0. The lowest BCUT2D eigenvalue weighted by molar-refractivity contribution is -0.114. The molecule has 4 rings (SSSR count). The molecule has 0 fully saturated rings. The van der Waals surface area contributed by atoms with E-state index < -0.39 is 32.5 Å². The van der Waals surface area contributed by atoms with E-state index in [4.69, 9.17) is 21.1 Å². The van der Waals surface area contributed by atoms with Crippen LogP contribution in [0.2, 0.25) is 5.02 Å². The quantitative estimate of drug-likeness (QED) is 0.217. The molecule has 0 saturated carbocycles. The van der Waals surface area contributed by atoms with Gasteiger partial charge < -0.3 is 14.8 Å². The van der Waals surface area contributed by atoms with Gasteiger partial charge in [-0.15, -0.1) is 0 Å². The van der Waals surface area contributed by atoms with Crippen LogP contribution in [0.15, 0.2) is 94.7 Å². The standard InChI is InChI=1S/C30H30ClN3O7S2/c1-20-5-8-24(17-21(20)2)33-42(36,37)26-13-9-23(10-14-26)32-30(35)19-34(25-11-6-22(31)7-12-25)43(38,39)27-15-16-28(40-3)29(18-27)41-4/h5-18,33H,19H2,1-4H3,(H,32,35). The lowest BCUT2D eigenvalue weighted by Gasteiger charge is -2.24. The highest BCUT2D eigenvalue weighted by Crippen LogP contribution is 2.32. The van der Waals surface area contributed by atoms with Crippen LogP contribution in [0.3, 0.4) is 0 Å². The molecule has 2 N–H and O–H groups in total. The van der Waals surface area contributed by atoms with Gasteiger partial charge in [-0.1, -0.05) is 17.7 Å². The number of carbonyl (C=O) groups excluding carboxylic acids is 1. The molecule has 43 heavy (non-hydrogen) atoms. The molecule has 0 spiro atoms. The molecule has 0 atom stereocenters. The number of carbonyl (C=O) groups is 1. The van der Waals surface area contributed by atoms with Crippen molar-refractivity contribution in [1.29, 1.82) is 0 Å². The molecule has 0 aliphatic heterocycles. The minimum absolute atomic E-state index is 0.0115. The smallest absolute Gasteiger partial charge is 0.264 e. The first-order chi connectivity index (χ1) is 20.3. The van der Waals surface area contributed by atoms with E-state index in [0.29, 0.717) is 16.5 Å². The Balaban J connectivity index is 1.55. The predicted molar refractivity (Wildman–Crippen MR) is 167 cm³/mol. The number of nitrogens with zero attached hydrogens (tertiary/aromatic N) is 1. The number of aryl methyl sites for hydroxylation is 2. The first-order valence-corrected chi connectivity index (χ1v) is 16.1. The summed E-state index contributed by atoms with van der Waals surface area (Å²) < 4.78 is 67.2. The first-order valence-electron chi connectivity index (χ1n) is 12.8. The van der Waals surface area contributed by atoms with Crippen molar-refractivity contribution in [3.05, 3.63) is 101 Å². The van der Waals surface area contributed by atoms with Gasteiger partial charge in [0.15, 0.2) is 11.5 Å². The van der Waals surface area contributed by atoms with Crippen LogP contribution >= 0.6 is 11.6 Å². The molecule has 226 valence electrons. The number of nitrogens with one attached hydrogen (secondary N) is 2. The van der Waals surface area contributed by atoms with E-state index in [9.17, 15) is 21.6 Å². The number of halogens is 1. The van der Waals surface area contributed by atoms with Crippen LogP contribution < -0.4 is 23.8 Å². The van der Waals surface area contributed by atoms with Gasteiger partial charge in [0.25, 0.3) is 20.0 Å². The molecule has 10 nitrogen and oxygen atoms in total. The maximum atomic E-state index is 13.8. The second kappa shape index (κ2) is 12.9. The number of methoxy groups -OCH3 is 2. The van der Waals surface area contributed by atoms with Gasteiger partial charge in [0.1, 0.15) is 6.54 Å². The molecule has 0 saturated heterocycles. The highest BCUT2D eigenvalue weighted by molar-refractivity contribution is 7.93. The van der Waals surface area contributed by atoms with Crippen molar-refractivity contribution in [2.45, 2.75) is 23.6 Å². The van der Waals surface area contributed by atoms with Crippen LogP contribution in [0.1, 0.15) is 11.1 Å². The number of hydrogen-bond donors (Lipinski definition) is 2. The second-order valence-electron chi connectivity index (χ2n) is 9.48. The van der Waals surface area contributed by atoms with Crippen molar-refractivity contribution in [3.63, 3.8) is 0 Å². The fourth-order valence-electron chi connectivity index (χ4n) is 4.09. The van der Waals surface area contributed by atoms with Crippen molar-refractivity contribution in [1.82, 2.24) is 0 Å². The van der Waals surface area contributed by atoms with Crippen molar-refractivity contribution < 1.29 is 31.1 Å². The predicted octanol–water partition coefficient (Wildman–Crippen LogP) is 5.61. The zero-order chi connectivity index (χ0) is 31.4. The van der Waals surface area contributed by atoms with Crippen LogP contribution in [-0.4, -0.2) is 43.5 Å². The van der Waals surface area contributed by atoms with Gasteiger partial charge in [-0.3, -0.25) is 13.8 Å². The molecule has 1 amide bonds. The van der Waals surface area contributed by atoms with Crippen LogP contribution in [-0.2, 0) is 24.8 Å². The maximum Gasteiger partial charge on any atom is 0.264 e. The molecule has 0 unspecified atom stereocenters. The fraction of sp³-hybridized carbons (Fsp3) is 0.167. The van der Waals surface area contributed by atoms with E-state index in [1.165, 1.54) is 80.9 Å². The number of ether oxygens (including phenoxy) is 2. The monoisotopic (exact) mass is 643 g/mol. The van der Waals surface area contributed by atoms with Crippen LogP contribution in [0.25, 0.3) is 0 Å². The van der Waals surface area contributed by atoms with E-state index >= 15 is 0 Å². The number of sulfonamides is 2.